The van der Waals surface area contributed by atoms with E-state index in [0.717, 1.165) is 29.5 Å². The molecule has 9 heteroatoms. The van der Waals surface area contributed by atoms with Gasteiger partial charge in [-0.3, -0.25) is 9.69 Å². The number of carbonyl (C=O) groups excluding carboxylic acids is 1. The van der Waals surface area contributed by atoms with Gasteiger partial charge >= 0.3 is 12.1 Å². The summed E-state index contributed by atoms with van der Waals surface area (Å²) >= 11 is 0. The van der Waals surface area contributed by atoms with Crippen LogP contribution < -0.4 is 14.9 Å². The van der Waals surface area contributed by atoms with Gasteiger partial charge in [0, 0.05) is 6.54 Å². The molecule has 0 amide bonds. The maximum Gasteiger partial charge on any atom is 0.453 e. The van der Waals surface area contributed by atoms with E-state index < -0.39 is 29.1 Å². The van der Waals surface area contributed by atoms with Crippen molar-refractivity contribution in [2.24, 2.45) is 0 Å². The second-order valence-electron chi connectivity index (χ2n) is 12.3. The molecule has 3 aromatic carbocycles. The van der Waals surface area contributed by atoms with Crippen LogP contribution in [0.15, 0.2) is 63.8 Å². The van der Waals surface area contributed by atoms with Gasteiger partial charge in [0.25, 0.3) is 5.76 Å². The first-order chi connectivity index (χ1) is 21.1. The number of rotatable bonds is 10. The Kier molecular flexibility index (Phi) is 10.1. The molecule has 1 aromatic heterocycles. The van der Waals surface area contributed by atoms with Crippen molar-refractivity contribution in [1.82, 2.24) is 4.90 Å². The van der Waals surface area contributed by atoms with Gasteiger partial charge in [-0.25, -0.2) is 4.79 Å². The lowest BCUT2D eigenvalue weighted by Crippen LogP contribution is -2.26. The van der Waals surface area contributed by atoms with Crippen molar-refractivity contribution in [2.75, 3.05) is 13.1 Å². The molecule has 45 heavy (non-hydrogen) atoms. The second kappa shape index (κ2) is 13.5. The van der Waals surface area contributed by atoms with E-state index in [4.69, 9.17) is 13.9 Å². The van der Waals surface area contributed by atoms with Crippen LogP contribution >= 0.6 is 0 Å². The lowest BCUT2D eigenvalue weighted by atomic mass is 9.87. The number of benzene rings is 3. The summed E-state index contributed by atoms with van der Waals surface area (Å²) < 4.78 is 60.4. The minimum absolute atomic E-state index is 0.0173. The molecule has 6 nitrogen and oxygen atoms in total. The van der Waals surface area contributed by atoms with Gasteiger partial charge in [-0.1, -0.05) is 52.8 Å². The zero-order chi connectivity index (χ0) is 33.1. The molecule has 0 saturated heterocycles. The highest BCUT2D eigenvalue weighted by Gasteiger charge is 2.41. The fraction of sp³-hybridized carbons (Fsp3) is 0.389. The molecule has 0 saturated carbocycles. The standard InChI is InChI=1S/C36H40F3NO5/c1-8-18-40(19-9-2)21-28-29(44-34(42)24-11-13-25(14-12-24)35(5,6)7)17-16-27-30(41)32(33(36(37,38)39)45-31(27)28)43-26-15-10-22(3)23(4)20-26/h10-17,20H,8-9,18-19,21H2,1-7H3. The van der Waals surface area contributed by atoms with E-state index in [1.807, 2.05) is 37.8 Å². The van der Waals surface area contributed by atoms with E-state index in [1.165, 1.54) is 18.2 Å². The first-order valence-electron chi connectivity index (χ1n) is 15.1. The number of alkyl halides is 3. The first kappa shape index (κ1) is 33.8. The molecule has 0 aliphatic heterocycles. The third-order valence-electron chi connectivity index (χ3n) is 7.69. The quantitative estimate of drug-likeness (QED) is 0.130. The van der Waals surface area contributed by atoms with Crippen LogP contribution in [0.1, 0.15) is 85.8 Å². The van der Waals surface area contributed by atoms with Gasteiger partial charge < -0.3 is 13.9 Å². The van der Waals surface area contributed by atoms with Crippen LogP contribution in [0.3, 0.4) is 0 Å². The number of ether oxygens (including phenoxy) is 2. The van der Waals surface area contributed by atoms with Crippen molar-refractivity contribution in [3.8, 4) is 17.2 Å². The van der Waals surface area contributed by atoms with E-state index in [9.17, 15) is 22.8 Å². The molecule has 0 aliphatic carbocycles. The van der Waals surface area contributed by atoms with Gasteiger partial charge in [0.05, 0.1) is 16.5 Å². The molecule has 4 aromatic rings. The Morgan fingerprint density at radius 1 is 0.889 bits per heavy atom. The average molecular weight is 624 g/mol. The smallest absolute Gasteiger partial charge is 0.449 e. The van der Waals surface area contributed by atoms with Crippen LogP contribution in [0.4, 0.5) is 13.2 Å². The molecule has 0 fully saturated rings. The van der Waals surface area contributed by atoms with Gasteiger partial charge in [0.15, 0.2) is 0 Å². The van der Waals surface area contributed by atoms with Gasteiger partial charge in [-0.2, -0.15) is 13.2 Å². The van der Waals surface area contributed by atoms with Crippen molar-refractivity contribution in [3.05, 3.63) is 98.4 Å². The van der Waals surface area contributed by atoms with Crippen molar-refractivity contribution >= 4 is 16.9 Å². The Bertz CT molecular complexity index is 1730. The summed E-state index contributed by atoms with van der Waals surface area (Å²) in [7, 11) is 0. The summed E-state index contributed by atoms with van der Waals surface area (Å²) in [6.45, 7) is 15.2. The summed E-state index contributed by atoms with van der Waals surface area (Å²) in [5, 5.41) is -0.112. The second-order valence-corrected chi connectivity index (χ2v) is 12.3. The third-order valence-corrected chi connectivity index (χ3v) is 7.69. The summed E-state index contributed by atoms with van der Waals surface area (Å²) in [5.41, 5.74) is 1.80. The van der Waals surface area contributed by atoms with E-state index in [2.05, 4.69) is 20.8 Å². The molecule has 1 heterocycles. The molecule has 0 unspecified atom stereocenters. The van der Waals surface area contributed by atoms with Crippen molar-refractivity contribution < 1.29 is 31.9 Å². The summed E-state index contributed by atoms with van der Waals surface area (Å²) in [4.78, 5) is 29.0. The van der Waals surface area contributed by atoms with E-state index in [0.29, 0.717) is 13.1 Å². The molecular formula is C36H40F3NO5. The van der Waals surface area contributed by atoms with E-state index in [1.54, 1.807) is 31.2 Å². The predicted octanol–water partition coefficient (Wildman–Crippen LogP) is 9.36. The highest BCUT2D eigenvalue weighted by Crippen LogP contribution is 2.40. The molecular weight excluding hydrogens is 583 g/mol. The normalized spacial score (nSPS) is 12.2. The molecule has 240 valence electrons. The Balaban J connectivity index is 1.88. The minimum Gasteiger partial charge on any atom is -0.449 e. The number of nitrogens with zero attached hydrogens (tertiary/aromatic N) is 1. The van der Waals surface area contributed by atoms with Gasteiger partial charge in [0.2, 0.25) is 11.2 Å². The number of fused-ring (bicyclic) bond motifs is 1. The van der Waals surface area contributed by atoms with Crippen LogP contribution in [-0.2, 0) is 18.1 Å². The molecule has 0 atom stereocenters. The summed E-state index contributed by atoms with van der Waals surface area (Å²) in [5.74, 6) is -3.09. The topological polar surface area (TPSA) is 69.0 Å². The van der Waals surface area contributed by atoms with Crippen LogP contribution in [0.5, 0.6) is 17.2 Å². The predicted molar refractivity (Wildman–Crippen MR) is 169 cm³/mol. The molecule has 0 aliphatic rings. The van der Waals surface area contributed by atoms with Crippen LogP contribution in [0, 0.1) is 13.8 Å². The molecule has 0 spiro atoms. The zero-order valence-corrected chi connectivity index (χ0v) is 26.9. The van der Waals surface area contributed by atoms with Crippen LogP contribution in [0.2, 0.25) is 0 Å². The Hall–Kier alpha value is -4.11. The van der Waals surface area contributed by atoms with Gasteiger partial charge in [-0.05, 0) is 98.3 Å². The Labute approximate surface area is 261 Å². The summed E-state index contributed by atoms with van der Waals surface area (Å²) in [6.07, 6.45) is -3.48. The molecule has 0 N–H and O–H groups in total. The minimum atomic E-state index is -5.05. The third kappa shape index (κ3) is 7.76. The maximum absolute atomic E-state index is 14.5. The number of esters is 1. The monoisotopic (exact) mass is 623 g/mol. The van der Waals surface area contributed by atoms with E-state index >= 15 is 0 Å². The molecule has 0 radical (unpaired) electrons. The van der Waals surface area contributed by atoms with E-state index in [-0.39, 0.29) is 45.6 Å². The Morgan fingerprint density at radius 3 is 2.09 bits per heavy atom. The number of hydrogen-bond acceptors (Lipinski definition) is 6. The number of hydrogen-bond donors (Lipinski definition) is 0. The highest BCUT2D eigenvalue weighted by atomic mass is 19.4. The van der Waals surface area contributed by atoms with Crippen molar-refractivity contribution in [1.29, 1.82) is 0 Å². The van der Waals surface area contributed by atoms with Crippen molar-refractivity contribution in [2.45, 2.75) is 79.4 Å². The number of halogens is 3. The SMILES string of the molecule is CCCN(CCC)Cc1c(OC(=O)c2ccc(C(C)(C)C)cc2)ccc2c(=O)c(Oc3ccc(C)c(C)c3)c(C(F)(F)F)oc12. The van der Waals surface area contributed by atoms with Gasteiger partial charge in [0.1, 0.15) is 17.1 Å². The van der Waals surface area contributed by atoms with Gasteiger partial charge in [-0.15, -0.1) is 0 Å². The average Bonchev–Trinajstić information content (AvgIpc) is 2.96. The van der Waals surface area contributed by atoms with Crippen LogP contribution in [-0.4, -0.2) is 24.0 Å². The fourth-order valence-corrected chi connectivity index (χ4v) is 5.09. The number of carbonyl (C=O) groups is 1. The lowest BCUT2D eigenvalue weighted by molar-refractivity contribution is -0.154. The van der Waals surface area contributed by atoms with Crippen molar-refractivity contribution in [3.63, 3.8) is 0 Å². The Morgan fingerprint density at radius 2 is 1.53 bits per heavy atom. The highest BCUT2D eigenvalue weighted by molar-refractivity contribution is 5.92. The fourth-order valence-electron chi connectivity index (χ4n) is 5.09. The summed E-state index contributed by atoms with van der Waals surface area (Å²) in [6, 6.07) is 14.5. The lowest BCUT2D eigenvalue weighted by Gasteiger charge is -2.23. The largest absolute Gasteiger partial charge is 0.453 e. The van der Waals surface area contributed by atoms with Crippen LogP contribution in [0.25, 0.3) is 11.0 Å². The number of aryl methyl sites for hydroxylation is 2. The maximum atomic E-state index is 14.5. The first-order valence-corrected chi connectivity index (χ1v) is 15.1. The molecule has 0 bridgehead atoms. The molecule has 4 rings (SSSR count). The zero-order valence-electron chi connectivity index (χ0n) is 26.9.